The van der Waals surface area contributed by atoms with Crippen LogP contribution < -0.4 is 10.1 Å². The van der Waals surface area contributed by atoms with Gasteiger partial charge in [0.05, 0.1) is 7.11 Å². The number of hydrogen-bond acceptors (Lipinski definition) is 5. The second kappa shape index (κ2) is 12.6. The first kappa shape index (κ1) is 24.3. The highest BCUT2D eigenvalue weighted by Crippen LogP contribution is 2.27. The molecule has 6 nitrogen and oxygen atoms in total. The molecule has 0 atom stereocenters. The number of ether oxygens (including phenoxy) is 2. The third-order valence-corrected chi connectivity index (χ3v) is 5.26. The first-order chi connectivity index (χ1) is 16.6. The number of amides is 1. The number of nitriles is 1. The quantitative estimate of drug-likeness (QED) is 0.277. The summed E-state index contributed by atoms with van der Waals surface area (Å²) in [6.45, 7) is -0.0422. The molecule has 34 heavy (non-hydrogen) atoms. The lowest BCUT2D eigenvalue weighted by Gasteiger charge is -2.18. The Morgan fingerprint density at radius 1 is 0.941 bits per heavy atom. The molecule has 0 aliphatic carbocycles. The predicted octanol–water partition coefficient (Wildman–Crippen LogP) is 4.48. The number of methoxy groups -OCH3 is 1. The first-order valence-electron chi connectivity index (χ1n) is 10.9. The summed E-state index contributed by atoms with van der Waals surface area (Å²) in [4.78, 5) is 24.5. The molecule has 0 aliphatic rings. The maximum absolute atomic E-state index is 12.2. The van der Waals surface area contributed by atoms with E-state index in [-0.39, 0.29) is 11.5 Å². The Bertz CT molecular complexity index is 1110. The van der Waals surface area contributed by atoms with Crippen molar-refractivity contribution in [1.82, 2.24) is 5.32 Å². The summed E-state index contributed by atoms with van der Waals surface area (Å²) in [6, 6.07) is 28.9. The van der Waals surface area contributed by atoms with Crippen LogP contribution in [0.15, 0.2) is 90.5 Å². The fraction of sp³-hybridized carbons (Fsp3) is 0.179. The summed E-state index contributed by atoms with van der Waals surface area (Å²) in [5.41, 5.74) is 2.78. The highest BCUT2D eigenvalue weighted by atomic mass is 16.5. The van der Waals surface area contributed by atoms with Gasteiger partial charge in [-0.2, -0.15) is 5.26 Å². The Balaban J connectivity index is 1.52. The lowest BCUT2D eigenvalue weighted by molar-refractivity contribution is -0.144. The van der Waals surface area contributed by atoms with Gasteiger partial charge in [-0.05, 0) is 41.3 Å². The minimum atomic E-state index is -0.847. The minimum Gasteiger partial charge on any atom is -0.497 e. The second-order valence-corrected chi connectivity index (χ2v) is 7.53. The highest BCUT2D eigenvalue weighted by Gasteiger charge is 2.16. The normalized spacial score (nSPS) is 10.9. The maximum Gasteiger partial charge on any atom is 0.349 e. The fourth-order valence-corrected chi connectivity index (χ4v) is 3.52. The van der Waals surface area contributed by atoms with Crippen molar-refractivity contribution in [3.05, 3.63) is 107 Å². The second-order valence-electron chi connectivity index (χ2n) is 7.53. The van der Waals surface area contributed by atoms with E-state index in [9.17, 15) is 14.9 Å². The molecule has 0 bridgehead atoms. The van der Waals surface area contributed by atoms with Crippen molar-refractivity contribution in [3.63, 3.8) is 0 Å². The van der Waals surface area contributed by atoms with E-state index in [1.165, 1.54) is 6.08 Å². The van der Waals surface area contributed by atoms with Crippen LogP contribution in [0.3, 0.4) is 0 Å². The average Bonchev–Trinajstić information content (AvgIpc) is 2.89. The summed E-state index contributed by atoms with van der Waals surface area (Å²) in [5, 5.41) is 12.1. The Morgan fingerprint density at radius 2 is 1.53 bits per heavy atom. The van der Waals surface area contributed by atoms with Crippen LogP contribution in [-0.2, 0) is 14.3 Å². The molecule has 0 spiro atoms. The van der Waals surface area contributed by atoms with E-state index in [1.807, 2.05) is 42.5 Å². The van der Waals surface area contributed by atoms with Crippen LogP contribution >= 0.6 is 0 Å². The summed E-state index contributed by atoms with van der Waals surface area (Å²) in [6.07, 6.45) is 2.10. The molecule has 0 aliphatic heterocycles. The molecule has 6 heteroatoms. The number of rotatable bonds is 10. The van der Waals surface area contributed by atoms with E-state index in [0.717, 1.165) is 11.1 Å². The van der Waals surface area contributed by atoms with Gasteiger partial charge in [-0.25, -0.2) is 4.79 Å². The number of nitrogens with zero attached hydrogens (tertiary/aromatic N) is 1. The van der Waals surface area contributed by atoms with E-state index in [4.69, 9.17) is 9.47 Å². The summed E-state index contributed by atoms with van der Waals surface area (Å²) >= 11 is 0. The zero-order valence-corrected chi connectivity index (χ0v) is 18.9. The van der Waals surface area contributed by atoms with Gasteiger partial charge in [0.15, 0.2) is 6.61 Å². The molecule has 0 heterocycles. The zero-order chi connectivity index (χ0) is 24.2. The van der Waals surface area contributed by atoms with Gasteiger partial charge in [0, 0.05) is 12.5 Å². The molecule has 172 valence electrons. The Kier molecular flexibility index (Phi) is 9.00. The lowest BCUT2D eigenvalue weighted by Crippen LogP contribution is -2.30. The third kappa shape index (κ3) is 7.07. The first-order valence-corrected chi connectivity index (χ1v) is 10.9. The van der Waals surface area contributed by atoms with Crippen LogP contribution in [0, 0.1) is 11.3 Å². The van der Waals surface area contributed by atoms with E-state index in [0.29, 0.717) is 24.3 Å². The molecule has 0 radical (unpaired) electrons. The fourth-order valence-electron chi connectivity index (χ4n) is 3.52. The maximum atomic E-state index is 12.2. The topological polar surface area (TPSA) is 88.4 Å². The van der Waals surface area contributed by atoms with Crippen molar-refractivity contribution in [2.75, 3.05) is 20.3 Å². The van der Waals surface area contributed by atoms with Gasteiger partial charge < -0.3 is 14.8 Å². The smallest absolute Gasteiger partial charge is 0.349 e. The number of nitrogens with one attached hydrogen (secondary N) is 1. The van der Waals surface area contributed by atoms with Crippen molar-refractivity contribution in [2.24, 2.45) is 0 Å². The van der Waals surface area contributed by atoms with E-state index >= 15 is 0 Å². The van der Waals surface area contributed by atoms with Crippen LogP contribution in [0.5, 0.6) is 5.75 Å². The molecular formula is C28H26N2O4. The molecule has 3 aromatic carbocycles. The van der Waals surface area contributed by atoms with Crippen molar-refractivity contribution in [3.8, 4) is 11.8 Å². The molecule has 1 N–H and O–H groups in total. The molecular weight excluding hydrogens is 428 g/mol. The molecule has 1 amide bonds. The number of benzene rings is 3. The number of carbonyl (C=O) groups excluding carboxylic acids is 2. The number of carbonyl (C=O) groups is 2. The van der Waals surface area contributed by atoms with Gasteiger partial charge >= 0.3 is 5.97 Å². The summed E-state index contributed by atoms with van der Waals surface area (Å²) in [7, 11) is 1.55. The van der Waals surface area contributed by atoms with Gasteiger partial charge in [0.1, 0.15) is 17.4 Å². The van der Waals surface area contributed by atoms with Crippen molar-refractivity contribution < 1.29 is 19.1 Å². The molecule has 0 fully saturated rings. The minimum absolute atomic E-state index is 0.128. The Labute approximate surface area is 199 Å². The van der Waals surface area contributed by atoms with Crippen LogP contribution in [-0.4, -0.2) is 32.1 Å². The van der Waals surface area contributed by atoms with Crippen molar-refractivity contribution >= 4 is 18.0 Å². The molecule has 0 aromatic heterocycles. The number of esters is 1. The predicted molar refractivity (Wildman–Crippen MR) is 130 cm³/mol. The monoisotopic (exact) mass is 454 g/mol. The zero-order valence-electron chi connectivity index (χ0n) is 18.9. The van der Waals surface area contributed by atoms with Crippen molar-refractivity contribution in [1.29, 1.82) is 5.26 Å². The van der Waals surface area contributed by atoms with Gasteiger partial charge in [-0.1, -0.05) is 72.8 Å². The van der Waals surface area contributed by atoms with Gasteiger partial charge in [-0.15, -0.1) is 0 Å². The SMILES string of the molecule is COc1ccc(/C=C(\C#N)C(=O)OCC(=O)NCCC(c2ccccc2)c2ccccc2)cc1. The van der Waals surface area contributed by atoms with Gasteiger partial charge in [0.25, 0.3) is 5.91 Å². The lowest BCUT2D eigenvalue weighted by atomic mass is 9.88. The largest absolute Gasteiger partial charge is 0.497 e. The van der Waals surface area contributed by atoms with Crippen LogP contribution in [0.1, 0.15) is 29.0 Å². The standard InChI is InChI=1S/C28H26N2O4/c1-33-25-14-12-21(13-15-25)18-24(19-29)28(32)34-20-27(31)30-17-16-26(22-8-4-2-5-9-22)23-10-6-3-7-11-23/h2-15,18,26H,16-17,20H2,1H3,(H,30,31)/b24-18+. The molecule has 3 aromatic rings. The third-order valence-electron chi connectivity index (χ3n) is 5.26. The van der Waals surface area contributed by atoms with E-state index in [2.05, 4.69) is 29.6 Å². The Morgan fingerprint density at radius 3 is 2.06 bits per heavy atom. The average molecular weight is 455 g/mol. The molecule has 3 rings (SSSR count). The Hall–Kier alpha value is -4.37. The summed E-state index contributed by atoms with van der Waals surface area (Å²) < 4.78 is 10.1. The van der Waals surface area contributed by atoms with E-state index in [1.54, 1.807) is 31.4 Å². The molecule has 0 saturated heterocycles. The van der Waals surface area contributed by atoms with E-state index < -0.39 is 18.5 Å². The van der Waals surface area contributed by atoms with Crippen LogP contribution in [0.4, 0.5) is 0 Å². The highest BCUT2D eigenvalue weighted by molar-refractivity contribution is 5.98. The van der Waals surface area contributed by atoms with Gasteiger partial charge in [-0.3, -0.25) is 4.79 Å². The van der Waals surface area contributed by atoms with Gasteiger partial charge in [0.2, 0.25) is 0 Å². The molecule has 0 saturated carbocycles. The number of hydrogen-bond donors (Lipinski definition) is 1. The summed E-state index contributed by atoms with van der Waals surface area (Å²) in [5.74, 6) is -0.477. The molecule has 0 unspecified atom stereocenters. The van der Waals surface area contributed by atoms with Crippen LogP contribution in [0.25, 0.3) is 6.08 Å². The van der Waals surface area contributed by atoms with Crippen molar-refractivity contribution in [2.45, 2.75) is 12.3 Å². The van der Waals surface area contributed by atoms with Crippen LogP contribution in [0.2, 0.25) is 0 Å².